The molecule has 84 valence electrons. The molecule has 1 heterocycles. The summed E-state index contributed by atoms with van der Waals surface area (Å²) in [4.78, 5) is 13.3. The first-order valence-electron chi connectivity index (χ1n) is 4.99. The molecule has 1 amide bonds. The minimum Gasteiger partial charge on any atom is -0.351 e. The van der Waals surface area contributed by atoms with Gasteiger partial charge in [-0.2, -0.15) is 0 Å². The number of nitrogens with zero attached hydrogens (tertiary/aromatic N) is 1. The zero-order valence-electron chi connectivity index (χ0n) is 9.73. The van der Waals surface area contributed by atoms with E-state index in [0.29, 0.717) is 11.6 Å². The molecular weight excluding hydrogens is 226 g/mol. The van der Waals surface area contributed by atoms with Crippen molar-refractivity contribution in [2.24, 2.45) is 0 Å². The zero-order valence-corrected chi connectivity index (χ0v) is 11.5. The molecule has 0 spiro atoms. The number of amides is 1. The Bertz CT molecular complexity index is 284. The zero-order chi connectivity index (χ0) is 11.6. The maximum absolute atomic E-state index is 10.8. The third-order valence-electron chi connectivity index (χ3n) is 2.43. The van der Waals surface area contributed by atoms with Crippen LogP contribution in [0.3, 0.4) is 0 Å². The molecule has 1 aliphatic heterocycles. The van der Waals surface area contributed by atoms with Crippen molar-refractivity contribution in [3.8, 4) is 0 Å². The molecule has 5 heteroatoms. The largest absolute Gasteiger partial charge is 0.351 e. The highest BCUT2D eigenvalue weighted by atomic mass is 31.2. The molecule has 0 aromatic rings. The highest BCUT2D eigenvalue weighted by Crippen LogP contribution is 2.43. The summed E-state index contributed by atoms with van der Waals surface area (Å²) in [5.41, 5.74) is 0.556. The van der Waals surface area contributed by atoms with Crippen LogP contribution in [0.4, 0.5) is 0 Å². The maximum Gasteiger partial charge on any atom is 0.316 e. The Morgan fingerprint density at radius 1 is 1.40 bits per heavy atom. The molecule has 1 fully saturated rings. The van der Waals surface area contributed by atoms with Crippen LogP contribution in [-0.2, 0) is 4.79 Å². The summed E-state index contributed by atoms with van der Waals surface area (Å²) in [7, 11) is -0.414. The molecule has 0 saturated carbocycles. The first-order valence-corrected chi connectivity index (χ1v) is 9.08. The molecule has 1 rings (SSSR count). The van der Waals surface area contributed by atoms with Gasteiger partial charge in [-0.1, -0.05) is 0 Å². The highest BCUT2D eigenvalue weighted by molar-refractivity contribution is 7.72. The molecule has 0 aromatic heterocycles. The lowest BCUT2D eigenvalue weighted by Gasteiger charge is -2.38. The lowest BCUT2D eigenvalue weighted by molar-refractivity contribution is -0.120. The predicted molar refractivity (Wildman–Crippen MR) is 72.9 cm³/mol. The maximum atomic E-state index is 10.8. The third kappa shape index (κ3) is 3.38. The molecule has 0 aromatic carbocycles. The smallest absolute Gasteiger partial charge is 0.316 e. The Labute approximate surface area is 94.0 Å². The number of carbonyl (C=O) groups excluding carboxylic acids is 1. The van der Waals surface area contributed by atoms with Crippen molar-refractivity contribution < 1.29 is 4.79 Å². The highest BCUT2D eigenvalue weighted by Gasteiger charge is 2.43. The second-order valence-electron chi connectivity index (χ2n) is 4.21. The fourth-order valence-corrected chi connectivity index (χ4v) is 6.16. The number of hydrogen-bond donors (Lipinski definition) is 1. The van der Waals surface area contributed by atoms with E-state index in [9.17, 15) is 4.79 Å². The topological polar surface area (TPSA) is 32.3 Å². The summed E-state index contributed by atoms with van der Waals surface area (Å²) in [5, 5.41) is 2.93. The Morgan fingerprint density at radius 3 is 2.20 bits per heavy atom. The molecule has 0 bridgehead atoms. The summed E-state index contributed by atoms with van der Waals surface area (Å²) in [6.45, 7) is 7.91. The van der Waals surface area contributed by atoms with Crippen LogP contribution in [-0.4, -0.2) is 61.4 Å². The van der Waals surface area contributed by atoms with Gasteiger partial charge in [0.1, 0.15) is 13.3 Å². The normalized spacial score (nSPS) is 21.5. The Morgan fingerprint density at radius 2 is 1.87 bits per heavy atom. The van der Waals surface area contributed by atoms with Crippen LogP contribution in [0.5, 0.6) is 0 Å². The fraction of sp³-hybridized carbons (Fsp3) is 0.700. The standard InChI is InChI=1S/C10H19N2OP2/c1-8(13)11-9-6-12(7-9)10(14(2)3)15(4)5/h9-10H,2,4,6-7H2,1,3,5H3/q+1/p+1. The molecule has 2 unspecified atom stereocenters. The third-order valence-corrected chi connectivity index (χ3v) is 7.03. The molecule has 15 heavy (non-hydrogen) atoms. The summed E-state index contributed by atoms with van der Waals surface area (Å²) >= 11 is 0. The van der Waals surface area contributed by atoms with Gasteiger partial charge in [-0.15, -0.1) is 0 Å². The van der Waals surface area contributed by atoms with E-state index in [2.05, 4.69) is 36.1 Å². The van der Waals surface area contributed by atoms with E-state index < -0.39 is 0 Å². The van der Waals surface area contributed by atoms with E-state index in [1.54, 1.807) is 6.92 Å². The van der Waals surface area contributed by atoms with E-state index >= 15 is 0 Å². The minimum atomic E-state index is -0.207. The van der Waals surface area contributed by atoms with Gasteiger partial charge in [0.25, 0.3) is 0 Å². The van der Waals surface area contributed by atoms with Gasteiger partial charge in [-0.25, -0.2) is 4.90 Å². The van der Waals surface area contributed by atoms with Crippen molar-refractivity contribution in [2.75, 3.05) is 26.4 Å². The molecule has 1 aliphatic rings. The van der Waals surface area contributed by atoms with E-state index in [1.807, 2.05) is 0 Å². The SMILES string of the molecule is C=[P+](C)C(N1CC(NC(C)=O)C1)[P+](=C)C. The van der Waals surface area contributed by atoms with E-state index in [-0.39, 0.29) is 21.0 Å². The van der Waals surface area contributed by atoms with Crippen molar-refractivity contribution in [2.45, 2.75) is 18.5 Å². The lowest BCUT2D eigenvalue weighted by atomic mass is 10.1. The summed E-state index contributed by atoms with van der Waals surface area (Å²) < 4.78 is 0. The van der Waals surface area contributed by atoms with E-state index in [0.717, 1.165) is 13.1 Å². The number of nitrogens with one attached hydrogen (secondary N) is 1. The van der Waals surface area contributed by atoms with Crippen molar-refractivity contribution in [3.05, 3.63) is 0 Å². The molecule has 3 nitrogen and oxygen atoms in total. The second kappa shape index (κ2) is 5.21. The number of hydrogen-bond acceptors (Lipinski definition) is 2. The molecule has 2 atom stereocenters. The Kier molecular flexibility index (Phi) is 4.45. The second-order valence-corrected chi connectivity index (χ2v) is 8.63. The number of carbonyl (C=O) groups is 1. The summed E-state index contributed by atoms with van der Waals surface area (Å²) in [6, 6.07) is 0.342. The fourth-order valence-electron chi connectivity index (χ4n) is 1.97. The van der Waals surface area contributed by atoms with Crippen LogP contribution >= 0.6 is 15.1 Å². The van der Waals surface area contributed by atoms with Gasteiger partial charge >= 0.3 is 5.52 Å². The van der Waals surface area contributed by atoms with Gasteiger partial charge in [0.05, 0.1) is 18.6 Å². The minimum absolute atomic E-state index is 0.0676. The molecular formula is C10H20N2OP2+2. The average Bonchev–Trinajstić information content (AvgIpc) is 1.97. The predicted octanol–water partition coefficient (Wildman–Crippen LogP) is 1.18. The van der Waals surface area contributed by atoms with E-state index in [1.165, 1.54) is 0 Å². The Balaban J connectivity index is 2.45. The van der Waals surface area contributed by atoms with Crippen LogP contribution in [0.15, 0.2) is 0 Å². The lowest BCUT2D eigenvalue weighted by Crippen LogP contribution is -2.60. The van der Waals surface area contributed by atoms with E-state index in [4.69, 9.17) is 0 Å². The van der Waals surface area contributed by atoms with Gasteiger partial charge in [-0.3, -0.25) is 4.79 Å². The van der Waals surface area contributed by atoms with Crippen LogP contribution in [0, 0.1) is 0 Å². The van der Waals surface area contributed by atoms with Gasteiger partial charge in [0, 0.05) is 20.0 Å². The van der Waals surface area contributed by atoms with Gasteiger partial charge in [0.2, 0.25) is 5.91 Å². The summed E-state index contributed by atoms with van der Waals surface area (Å²) in [6.07, 6.45) is 8.32. The molecule has 1 saturated heterocycles. The van der Waals surface area contributed by atoms with Gasteiger partial charge in [0.15, 0.2) is 15.1 Å². The van der Waals surface area contributed by atoms with Crippen molar-refractivity contribution >= 4 is 33.6 Å². The average molecular weight is 246 g/mol. The first kappa shape index (κ1) is 12.8. The number of rotatable bonds is 4. The molecule has 1 N–H and O–H groups in total. The van der Waals surface area contributed by atoms with Crippen LogP contribution < -0.4 is 5.32 Å². The quantitative estimate of drug-likeness (QED) is 0.755. The monoisotopic (exact) mass is 246 g/mol. The van der Waals surface area contributed by atoms with Crippen molar-refractivity contribution in [1.82, 2.24) is 10.2 Å². The molecule has 0 aliphatic carbocycles. The van der Waals surface area contributed by atoms with Crippen molar-refractivity contribution in [1.29, 1.82) is 0 Å². The van der Waals surface area contributed by atoms with Crippen LogP contribution in [0.2, 0.25) is 0 Å². The van der Waals surface area contributed by atoms with Crippen molar-refractivity contribution in [3.63, 3.8) is 0 Å². The van der Waals surface area contributed by atoms with Gasteiger partial charge < -0.3 is 5.32 Å². The Hall–Kier alpha value is -0.230. The van der Waals surface area contributed by atoms with Gasteiger partial charge in [-0.05, 0) is 0 Å². The molecule has 0 radical (unpaired) electrons. The summed E-state index contributed by atoms with van der Waals surface area (Å²) in [5.74, 6) is 0.0676. The van der Waals surface area contributed by atoms with Crippen LogP contribution in [0.1, 0.15) is 6.92 Å². The number of likely N-dealkylation sites (tertiary alicyclic amines) is 1. The first-order chi connectivity index (χ1) is 6.91. The van der Waals surface area contributed by atoms with Crippen LogP contribution in [0.25, 0.3) is 0 Å².